The monoisotopic (exact) mass is 304 g/mol. The molecule has 1 aromatic carbocycles. The molecule has 1 fully saturated rings. The Morgan fingerprint density at radius 3 is 2.77 bits per heavy atom. The van der Waals surface area contributed by atoms with E-state index in [9.17, 15) is 9.90 Å². The lowest BCUT2D eigenvalue weighted by atomic mass is 9.95. The van der Waals surface area contributed by atoms with Gasteiger partial charge in [-0.2, -0.15) is 0 Å². The number of urea groups is 1. The zero-order chi connectivity index (χ0) is 15.5. The Bertz CT molecular complexity index is 541. The van der Waals surface area contributed by atoms with Gasteiger partial charge in [0.15, 0.2) is 0 Å². The van der Waals surface area contributed by atoms with Crippen LogP contribution in [0.2, 0.25) is 0 Å². The number of rotatable bonds is 2. The highest BCUT2D eigenvalue weighted by atomic mass is 16.5. The van der Waals surface area contributed by atoms with Crippen LogP contribution in [-0.4, -0.2) is 30.8 Å². The van der Waals surface area contributed by atoms with Crippen LogP contribution in [0.4, 0.5) is 10.5 Å². The summed E-state index contributed by atoms with van der Waals surface area (Å²) in [5, 5.41) is 13.3. The predicted octanol–water partition coefficient (Wildman–Crippen LogP) is 2.98. The number of carbonyl (C=O) groups excluding carboxylic acids is 1. The number of nitrogens with zero attached hydrogens (tertiary/aromatic N) is 1. The number of amides is 2. The quantitative estimate of drug-likeness (QED) is 0.883. The van der Waals surface area contributed by atoms with E-state index in [0.717, 1.165) is 24.1 Å². The first-order valence-corrected chi connectivity index (χ1v) is 8.13. The molecule has 0 spiro atoms. The zero-order valence-electron chi connectivity index (χ0n) is 13.0. The molecule has 1 atom stereocenters. The number of ether oxygens (including phenoxy) is 1. The number of methoxy groups -OCH3 is 1. The Morgan fingerprint density at radius 1 is 1.27 bits per heavy atom. The summed E-state index contributed by atoms with van der Waals surface area (Å²) in [5.74, 6) is 0.701. The van der Waals surface area contributed by atoms with Crippen LogP contribution in [0.15, 0.2) is 18.2 Å². The molecule has 1 saturated carbocycles. The van der Waals surface area contributed by atoms with Crippen LogP contribution in [-0.2, 0) is 0 Å². The largest absolute Gasteiger partial charge is 0.497 e. The zero-order valence-corrected chi connectivity index (χ0v) is 13.0. The molecule has 1 aliphatic carbocycles. The molecule has 0 radical (unpaired) electrons. The van der Waals surface area contributed by atoms with Crippen LogP contribution < -0.4 is 15.0 Å². The van der Waals surface area contributed by atoms with Crippen molar-refractivity contribution in [3.05, 3.63) is 23.8 Å². The first kappa shape index (κ1) is 15.2. The third kappa shape index (κ3) is 3.04. The van der Waals surface area contributed by atoms with Crippen molar-refractivity contribution in [1.29, 1.82) is 0 Å². The third-order valence-electron chi connectivity index (χ3n) is 4.69. The van der Waals surface area contributed by atoms with E-state index in [4.69, 9.17) is 4.74 Å². The SMILES string of the molecule is COc1ccc2c(c1)C(O)CCN2C(=O)NC1CCCCC1. The number of nitrogens with one attached hydrogen (secondary N) is 1. The second-order valence-corrected chi connectivity index (χ2v) is 6.17. The molecular weight excluding hydrogens is 280 g/mol. The lowest BCUT2D eigenvalue weighted by molar-refractivity contribution is 0.163. The number of aliphatic hydroxyl groups excluding tert-OH is 1. The van der Waals surface area contributed by atoms with Gasteiger partial charge < -0.3 is 15.2 Å². The number of anilines is 1. The van der Waals surface area contributed by atoms with Gasteiger partial charge in [-0.3, -0.25) is 4.90 Å². The van der Waals surface area contributed by atoms with E-state index >= 15 is 0 Å². The van der Waals surface area contributed by atoms with E-state index < -0.39 is 6.10 Å². The molecule has 5 heteroatoms. The number of hydrogen-bond acceptors (Lipinski definition) is 3. The van der Waals surface area contributed by atoms with Crippen molar-refractivity contribution < 1.29 is 14.6 Å². The fourth-order valence-electron chi connectivity index (χ4n) is 3.41. The second kappa shape index (κ2) is 6.57. The molecule has 1 unspecified atom stereocenters. The average Bonchev–Trinajstić information content (AvgIpc) is 2.56. The fraction of sp³-hybridized carbons (Fsp3) is 0.588. The Kier molecular flexibility index (Phi) is 4.52. The van der Waals surface area contributed by atoms with Gasteiger partial charge in [-0.1, -0.05) is 19.3 Å². The highest BCUT2D eigenvalue weighted by Gasteiger charge is 2.29. The summed E-state index contributed by atoms with van der Waals surface area (Å²) < 4.78 is 5.22. The van der Waals surface area contributed by atoms with Gasteiger partial charge in [0.25, 0.3) is 0 Å². The van der Waals surface area contributed by atoms with Gasteiger partial charge in [0.2, 0.25) is 0 Å². The summed E-state index contributed by atoms with van der Waals surface area (Å²) in [6.07, 6.45) is 5.80. The van der Waals surface area contributed by atoms with Crippen LogP contribution in [0.5, 0.6) is 5.75 Å². The summed E-state index contributed by atoms with van der Waals surface area (Å²) in [6, 6.07) is 5.74. The minimum Gasteiger partial charge on any atom is -0.497 e. The van der Waals surface area contributed by atoms with Crippen molar-refractivity contribution in [3.8, 4) is 5.75 Å². The molecule has 0 saturated heterocycles. The molecule has 2 N–H and O–H groups in total. The predicted molar refractivity (Wildman–Crippen MR) is 85.3 cm³/mol. The number of benzene rings is 1. The highest BCUT2D eigenvalue weighted by Crippen LogP contribution is 2.36. The van der Waals surface area contributed by atoms with Crippen LogP contribution in [0.1, 0.15) is 50.2 Å². The minimum absolute atomic E-state index is 0.0507. The van der Waals surface area contributed by atoms with Gasteiger partial charge in [-0.05, 0) is 37.5 Å². The minimum atomic E-state index is -0.538. The lowest BCUT2D eigenvalue weighted by Crippen LogP contribution is -2.47. The number of fused-ring (bicyclic) bond motifs is 1. The van der Waals surface area contributed by atoms with E-state index in [1.807, 2.05) is 18.2 Å². The molecular formula is C17H24N2O3. The first-order valence-electron chi connectivity index (χ1n) is 8.13. The second-order valence-electron chi connectivity index (χ2n) is 6.17. The van der Waals surface area contributed by atoms with Crippen molar-refractivity contribution in [2.75, 3.05) is 18.6 Å². The van der Waals surface area contributed by atoms with E-state index in [2.05, 4.69) is 5.32 Å². The summed E-state index contributed by atoms with van der Waals surface area (Å²) in [6.45, 7) is 0.541. The van der Waals surface area contributed by atoms with Gasteiger partial charge in [0, 0.05) is 18.2 Å². The molecule has 120 valence electrons. The molecule has 3 rings (SSSR count). The average molecular weight is 304 g/mol. The maximum absolute atomic E-state index is 12.6. The first-order chi connectivity index (χ1) is 10.7. The summed E-state index contributed by atoms with van der Waals surface area (Å²) in [5.41, 5.74) is 1.55. The maximum Gasteiger partial charge on any atom is 0.322 e. The van der Waals surface area contributed by atoms with Crippen LogP contribution >= 0.6 is 0 Å². The van der Waals surface area contributed by atoms with Crippen molar-refractivity contribution in [2.45, 2.75) is 50.7 Å². The van der Waals surface area contributed by atoms with Crippen molar-refractivity contribution in [1.82, 2.24) is 5.32 Å². The lowest BCUT2D eigenvalue weighted by Gasteiger charge is -2.34. The number of hydrogen-bond donors (Lipinski definition) is 2. The summed E-state index contributed by atoms with van der Waals surface area (Å²) >= 11 is 0. The van der Waals surface area contributed by atoms with E-state index in [1.54, 1.807) is 12.0 Å². The number of carbonyl (C=O) groups is 1. The molecule has 0 aromatic heterocycles. The van der Waals surface area contributed by atoms with Crippen LogP contribution in [0, 0.1) is 0 Å². The topological polar surface area (TPSA) is 61.8 Å². The van der Waals surface area contributed by atoms with Crippen molar-refractivity contribution >= 4 is 11.7 Å². The van der Waals surface area contributed by atoms with E-state index in [0.29, 0.717) is 18.7 Å². The molecule has 2 amide bonds. The third-order valence-corrected chi connectivity index (χ3v) is 4.69. The Morgan fingerprint density at radius 2 is 2.05 bits per heavy atom. The van der Waals surface area contributed by atoms with Crippen LogP contribution in [0.3, 0.4) is 0 Å². The normalized spacial score (nSPS) is 22.1. The molecule has 22 heavy (non-hydrogen) atoms. The molecule has 2 aliphatic rings. The molecule has 1 aromatic rings. The smallest absolute Gasteiger partial charge is 0.322 e. The van der Waals surface area contributed by atoms with Gasteiger partial charge in [0.1, 0.15) is 5.75 Å². The Labute approximate surface area is 131 Å². The molecule has 5 nitrogen and oxygen atoms in total. The number of aliphatic hydroxyl groups is 1. The van der Waals surface area contributed by atoms with Gasteiger partial charge in [-0.25, -0.2) is 4.79 Å². The van der Waals surface area contributed by atoms with Gasteiger partial charge in [-0.15, -0.1) is 0 Å². The Balaban J connectivity index is 1.77. The summed E-state index contributed by atoms with van der Waals surface area (Å²) in [4.78, 5) is 14.3. The highest BCUT2D eigenvalue weighted by molar-refractivity contribution is 5.93. The molecule has 0 bridgehead atoms. The Hall–Kier alpha value is -1.75. The van der Waals surface area contributed by atoms with Gasteiger partial charge in [0.05, 0.1) is 18.9 Å². The van der Waals surface area contributed by atoms with Crippen LogP contribution in [0.25, 0.3) is 0 Å². The molecule has 1 heterocycles. The van der Waals surface area contributed by atoms with E-state index in [-0.39, 0.29) is 12.1 Å². The summed E-state index contributed by atoms with van der Waals surface area (Å²) in [7, 11) is 1.60. The van der Waals surface area contributed by atoms with Crippen molar-refractivity contribution in [2.24, 2.45) is 0 Å². The molecule has 1 aliphatic heterocycles. The van der Waals surface area contributed by atoms with E-state index in [1.165, 1.54) is 19.3 Å². The standard InChI is InChI=1S/C17H24N2O3/c1-22-13-7-8-15-14(11-13)16(20)9-10-19(15)17(21)18-12-5-3-2-4-6-12/h7-8,11-12,16,20H,2-6,9-10H2,1H3,(H,18,21). The van der Waals surface area contributed by atoms with Crippen molar-refractivity contribution in [3.63, 3.8) is 0 Å². The maximum atomic E-state index is 12.6. The van der Waals surface area contributed by atoms with Gasteiger partial charge >= 0.3 is 6.03 Å². The fourth-order valence-corrected chi connectivity index (χ4v) is 3.41.